The topological polar surface area (TPSA) is 84.0 Å². The minimum absolute atomic E-state index is 0.377. The number of hydrogen-bond acceptors (Lipinski definition) is 6. The Hall–Kier alpha value is -3.49. The summed E-state index contributed by atoms with van der Waals surface area (Å²) in [4.78, 5) is 35.6. The number of nitrogens with zero attached hydrogens (tertiary/aromatic N) is 2. The Labute approximate surface area is 187 Å². The van der Waals surface area contributed by atoms with Crippen molar-refractivity contribution in [1.29, 1.82) is 0 Å². The van der Waals surface area contributed by atoms with Crippen LogP contribution in [-0.4, -0.2) is 21.8 Å². The lowest BCUT2D eigenvalue weighted by molar-refractivity contribution is 0.0846. The predicted octanol–water partition coefficient (Wildman–Crippen LogP) is 4.74. The molecule has 0 unspecified atom stereocenters. The van der Waals surface area contributed by atoms with Crippen molar-refractivity contribution < 1.29 is 9.59 Å². The van der Waals surface area contributed by atoms with Gasteiger partial charge in [-0.15, -0.1) is 11.3 Å². The van der Waals surface area contributed by atoms with Crippen molar-refractivity contribution in [2.45, 2.75) is 16.8 Å². The summed E-state index contributed by atoms with van der Waals surface area (Å²) >= 11 is 2.67. The first-order valence-electron chi connectivity index (χ1n) is 9.43. The summed E-state index contributed by atoms with van der Waals surface area (Å²) in [7, 11) is 0. The molecule has 0 saturated carbocycles. The SMILES string of the molecule is Cc1nc(-c2ccccc2)sc1C(=O)NNC(=O)c1cccnc1Sc1ccccc1. The quantitative estimate of drug-likeness (QED) is 0.433. The van der Waals surface area contributed by atoms with Crippen molar-refractivity contribution in [2.75, 3.05) is 0 Å². The summed E-state index contributed by atoms with van der Waals surface area (Å²) in [5.41, 5.74) is 6.90. The standard InChI is InChI=1S/C23H18N4O2S2/c1-15-19(31-22(25-15)16-9-4-2-5-10-16)21(29)27-26-20(28)18-13-8-14-24-23(18)30-17-11-6-3-7-12-17/h2-14H,1H3,(H,26,28)(H,27,29). The van der Waals surface area contributed by atoms with Crippen LogP contribution in [0, 0.1) is 6.92 Å². The minimum atomic E-state index is -0.440. The number of pyridine rings is 1. The zero-order valence-corrected chi connectivity index (χ0v) is 18.2. The summed E-state index contributed by atoms with van der Waals surface area (Å²) in [5.74, 6) is -0.850. The molecule has 0 aliphatic carbocycles. The van der Waals surface area contributed by atoms with E-state index in [1.807, 2.05) is 60.7 Å². The Balaban J connectivity index is 1.45. The monoisotopic (exact) mass is 446 g/mol. The van der Waals surface area contributed by atoms with Gasteiger partial charge >= 0.3 is 0 Å². The van der Waals surface area contributed by atoms with Gasteiger partial charge in [-0.25, -0.2) is 9.97 Å². The molecule has 4 aromatic rings. The molecule has 2 amide bonds. The Bertz CT molecular complexity index is 1210. The Morgan fingerprint density at radius 2 is 1.55 bits per heavy atom. The average molecular weight is 447 g/mol. The number of carbonyl (C=O) groups is 2. The molecule has 2 aromatic heterocycles. The fourth-order valence-corrected chi connectivity index (χ4v) is 4.66. The lowest BCUT2D eigenvalue weighted by atomic mass is 10.2. The summed E-state index contributed by atoms with van der Waals surface area (Å²) in [5, 5.41) is 1.31. The number of hydrogen-bond donors (Lipinski definition) is 2. The van der Waals surface area contributed by atoms with Gasteiger partial charge in [-0.3, -0.25) is 20.4 Å². The van der Waals surface area contributed by atoms with Crippen molar-refractivity contribution in [2.24, 2.45) is 0 Å². The van der Waals surface area contributed by atoms with E-state index in [2.05, 4.69) is 20.8 Å². The maximum absolute atomic E-state index is 12.7. The van der Waals surface area contributed by atoms with Crippen LogP contribution >= 0.6 is 23.1 Å². The third-order valence-electron chi connectivity index (χ3n) is 4.29. The first-order chi connectivity index (χ1) is 15.1. The highest BCUT2D eigenvalue weighted by molar-refractivity contribution is 7.99. The van der Waals surface area contributed by atoms with Crippen LogP contribution in [0.15, 0.2) is 88.9 Å². The van der Waals surface area contributed by atoms with E-state index in [-0.39, 0.29) is 0 Å². The molecule has 4 rings (SSSR count). The number of aryl methyl sites for hydroxylation is 1. The van der Waals surface area contributed by atoms with E-state index >= 15 is 0 Å². The maximum atomic E-state index is 12.7. The Morgan fingerprint density at radius 3 is 2.29 bits per heavy atom. The lowest BCUT2D eigenvalue weighted by Crippen LogP contribution is -2.41. The molecule has 0 bridgehead atoms. The van der Waals surface area contributed by atoms with Gasteiger partial charge in [-0.2, -0.15) is 0 Å². The number of aromatic nitrogens is 2. The smallest absolute Gasteiger partial charge is 0.267 e. The van der Waals surface area contributed by atoms with Gasteiger partial charge in [0.25, 0.3) is 11.8 Å². The molecule has 2 aromatic carbocycles. The van der Waals surface area contributed by atoms with Gasteiger partial charge in [-0.05, 0) is 31.2 Å². The second-order valence-corrected chi connectivity index (χ2v) is 8.54. The van der Waals surface area contributed by atoms with Gasteiger partial charge in [0.1, 0.15) is 14.9 Å². The summed E-state index contributed by atoms with van der Waals surface area (Å²) in [6, 6.07) is 22.7. The molecule has 2 N–H and O–H groups in total. The van der Waals surface area contributed by atoms with Crippen LogP contribution in [-0.2, 0) is 0 Å². The highest BCUT2D eigenvalue weighted by atomic mass is 32.2. The first kappa shape index (κ1) is 20.8. The molecule has 0 aliphatic rings. The molecule has 2 heterocycles. The zero-order chi connectivity index (χ0) is 21.6. The van der Waals surface area contributed by atoms with Crippen LogP contribution in [0.5, 0.6) is 0 Å². The first-order valence-corrected chi connectivity index (χ1v) is 11.1. The lowest BCUT2D eigenvalue weighted by Gasteiger charge is -2.09. The normalized spacial score (nSPS) is 10.5. The highest BCUT2D eigenvalue weighted by Gasteiger charge is 2.18. The van der Waals surface area contributed by atoms with Crippen molar-refractivity contribution in [3.05, 3.63) is 95.1 Å². The number of thiazole rings is 1. The van der Waals surface area contributed by atoms with Gasteiger partial charge < -0.3 is 0 Å². The van der Waals surface area contributed by atoms with E-state index in [0.717, 1.165) is 15.5 Å². The number of carbonyl (C=O) groups excluding carboxylic acids is 2. The molecule has 0 spiro atoms. The summed E-state index contributed by atoms with van der Waals surface area (Å²) in [6.07, 6.45) is 1.63. The van der Waals surface area contributed by atoms with E-state index in [9.17, 15) is 9.59 Å². The molecule has 0 fully saturated rings. The number of benzene rings is 2. The molecular weight excluding hydrogens is 428 g/mol. The number of rotatable bonds is 5. The molecule has 154 valence electrons. The number of amides is 2. The summed E-state index contributed by atoms with van der Waals surface area (Å²) < 4.78 is 0. The average Bonchev–Trinajstić information content (AvgIpc) is 3.20. The van der Waals surface area contributed by atoms with Crippen LogP contribution in [0.4, 0.5) is 0 Å². The molecule has 0 radical (unpaired) electrons. The van der Waals surface area contributed by atoms with Crippen LogP contribution in [0.1, 0.15) is 25.7 Å². The predicted molar refractivity (Wildman–Crippen MR) is 122 cm³/mol. The maximum Gasteiger partial charge on any atom is 0.281 e. The summed E-state index contributed by atoms with van der Waals surface area (Å²) in [6.45, 7) is 1.77. The third kappa shape index (κ3) is 4.99. The van der Waals surface area contributed by atoms with Gasteiger partial charge in [0, 0.05) is 16.7 Å². The van der Waals surface area contributed by atoms with Crippen LogP contribution < -0.4 is 10.9 Å². The second kappa shape index (κ2) is 9.55. The van der Waals surface area contributed by atoms with Crippen LogP contribution in [0.2, 0.25) is 0 Å². The zero-order valence-electron chi connectivity index (χ0n) is 16.5. The van der Waals surface area contributed by atoms with Gasteiger partial charge in [0.2, 0.25) is 0 Å². The van der Waals surface area contributed by atoms with Crippen molar-refractivity contribution in [1.82, 2.24) is 20.8 Å². The molecular formula is C23H18N4O2S2. The Morgan fingerprint density at radius 1 is 0.871 bits per heavy atom. The molecule has 0 saturated heterocycles. The molecule has 31 heavy (non-hydrogen) atoms. The number of hydrazine groups is 1. The van der Waals surface area contributed by atoms with E-state index < -0.39 is 11.8 Å². The van der Waals surface area contributed by atoms with Crippen LogP contribution in [0.3, 0.4) is 0 Å². The van der Waals surface area contributed by atoms with Crippen molar-refractivity contribution in [3.8, 4) is 10.6 Å². The largest absolute Gasteiger partial charge is 0.281 e. The third-order valence-corrected chi connectivity index (χ3v) is 6.52. The van der Waals surface area contributed by atoms with E-state index in [0.29, 0.717) is 21.2 Å². The van der Waals surface area contributed by atoms with Gasteiger partial charge in [-0.1, -0.05) is 60.3 Å². The fraction of sp³-hybridized carbons (Fsp3) is 0.0435. The molecule has 8 heteroatoms. The van der Waals surface area contributed by atoms with Crippen LogP contribution in [0.25, 0.3) is 10.6 Å². The van der Waals surface area contributed by atoms with Gasteiger partial charge in [0.15, 0.2) is 0 Å². The molecule has 6 nitrogen and oxygen atoms in total. The van der Waals surface area contributed by atoms with E-state index in [4.69, 9.17) is 0 Å². The van der Waals surface area contributed by atoms with E-state index in [1.54, 1.807) is 25.3 Å². The van der Waals surface area contributed by atoms with Gasteiger partial charge in [0.05, 0.1) is 11.3 Å². The molecule has 0 aliphatic heterocycles. The Kier molecular flexibility index (Phi) is 6.40. The van der Waals surface area contributed by atoms with Crippen molar-refractivity contribution in [3.63, 3.8) is 0 Å². The highest BCUT2D eigenvalue weighted by Crippen LogP contribution is 2.29. The van der Waals surface area contributed by atoms with Crippen molar-refractivity contribution >= 4 is 34.9 Å². The number of nitrogens with one attached hydrogen (secondary N) is 2. The fourth-order valence-electron chi connectivity index (χ4n) is 2.79. The minimum Gasteiger partial charge on any atom is -0.267 e. The second-order valence-electron chi connectivity index (χ2n) is 6.48. The van der Waals surface area contributed by atoms with E-state index in [1.165, 1.54) is 23.1 Å². The molecule has 0 atom stereocenters.